The van der Waals surface area contributed by atoms with Crippen molar-refractivity contribution < 1.29 is 19.1 Å². The van der Waals surface area contributed by atoms with Gasteiger partial charge < -0.3 is 15.7 Å². The lowest BCUT2D eigenvalue weighted by Gasteiger charge is -2.28. The summed E-state index contributed by atoms with van der Waals surface area (Å²) < 4.78 is 13.1. The van der Waals surface area contributed by atoms with Crippen LogP contribution in [0.2, 0.25) is 5.02 Å². The van der Waals surface area contributed by atoms with Crippen molar-refractivity contribution in [3.05, 3.63) is 29.0 Å². The summed E-state index contributed by atoms with van der Waals surface area (Å²) in [5, 5.41) is 14.1. The Kier molecular flexibility index (Phi) is 5.33. The first-order valence-electron chi connectivity index (χ1n) is 6.11. The Bertz CT molecular complexity index is 498. The first-order valence-corrected chi connectivity index (χ1v) is 6.49. The Morgan fingerprint density at radius 3 is 2.35 bits per heavy atom. The third kappa shape index (κ3) is 3.84. The molecule has 0 aliphatic heterocycles. The van der Waals surface area contributed by atoms with Gasteiger partial charge in [-0.05, 0) is 31.0 Å². The molecule has 0 bridgehead atoms. The van der Waals surface area contributed by atoms with Crippen molar-refractivity contribution in [3.8, 4) is 0 Å². The van der Waals surface area contributed by atoms with E-state index in [0.29, 0.717) is 0 Å². The Morgan fingerprint density at radius 2 is 1.90 bits per heavy atom. The van der Waals surface area contributed by atoms with Gasteiger partial charge in [0.05, 0.1) is 0 Å². The zero-order chi connectivity index (χ0) is 15.3. The number of rotatable bonds is 5. The average molecular weight is 303 g/mol. The third-order valence-corrected chi connectivity index (χ3v) is 3.31. The minimum atomic E-state index is -1.35. The molecule has 0 radical (unpaired) electrons. The second-order valence-electron chi connectivity index (χ2n) is 4.33. The predicted molar refractivity (Wildman–Crippen MR) is 74.5 cm³/mol. The van der Waals surface area contributed by atoms with Gasteiger partial charge in [0, 0.05) is 10.7 Å². The molecule has 3 N–H and O–H groups in total. The quantitative estimate of drug-likeness (QED) is 0.781. The second kappa shape index (κ2) is 6.56. The van der Waals surface area contributed by atoms with Crippen molar-refractivity contribution in [3.63, 3.8) is 0 Å². The molecule has 2 amide bonds. The van der Waals surface area contributed by atoms with E-state index in [-0.39, 0.29) is 23.6 Å². The Balaban J connectivity index is 2.83. The summed E-state index contributed by atoms with van der Waals surface area (Å²) in [5.41, 5.74) is -1.19. The number of halogens is 2. The summed E-state index contributed by atoms with van der Waals surface area (Å²) in [5.74, 6) is -1.71. The number of carbonyl (C=O) groups excluding carboxylic acids is 1. The highest BCUT2D eigenvalue weighted by atomic mass is 35.5. The topological polar surface area (TPSA) is 78.4 Å². The lowest BCUT2D eigenvalue weighted by Crippen LogP contribution is -2.54. The summed E-state index contributed by atoms with van der Waals surface area (Å²) in [6.45, 7) is 3.33. The molecule has 1 aromatic rings. The monoisotopic (exact) mass is 302 g/mol. The molecular formula is C13H16ClFN2O3. The number of hydrogen-bond acceptors (Lipinski definition) is 2. The van der Waals surface area contributed by atoms with E-state index in [1.165, 1.54) is 6.07 Å². The van der Waals surface area contributed by atoms with Crippen molar-refractivity contribution in [1.82, 2.24) is 5.32 Å². The first kappa shape index (κ1) is 16.2. The standard InChI is InChI=1S/C13H16ClFN2O3/c1-3-13(4-2,11(18)19)17-12(20)16-10-6-8(14)5-9(15)7-10/h5-7H,3-4H2,1-2H3,(H,18,19)(H2,16,17,20). The molecule has 0 aliphatic carbocycles. The summed E-state index contributed by atoms with van der Waals surface area (Å²) in [4.78, 5) is 23.1. The van der Waals surface area contributed by atoms with Crippen LogP contribution < -0.4 is 10.6 Å². The molecule has 7 heteroatoms. The molecule has 0 spiro atoms. The van der Waals surface area contributed by atoms with E-state index in [2.05, 4.69) is 10.6 Å². The van der Waals surface area contributed by atoms with Gasteiger partial charge in [-0.15, -0.1) is 0 Å². The van der Waals surface area contributed by atoms with Gasteiger partial charge >= 0.3 is 12.0 Å². The van der Waals surface area contributed by atoms with E-state index in [1.54, 1.807) is 13.8 Å². The highest BCUT2D eigenvalue weighted by Crippen LogP contribution is 2.19. The highest BCUT2D eigenvalue weighted by molar-refractivity contribution is 6.30. The molecule has 0 heterocycles. The fraction of sp³-hybridized carbons (Fsp3) is 0.385. The first-order chi connectivity index (χ1) is 9.32. The molecule has 0 atom stereocenters. The van der Waals surface area contributed by atoms with Crippen LogP contribution >= 0.6 is 11.6 Å². The lowest BCUT2D eigenvalue weighted by molar-refractivity contribution is -0.144. The number of hydrogen-bond donors (Lipinski definition) is 3. The Hall–Kier alpha value is -1.82. The largest absolute Gasteiger partial charge is 0.480 e. The molecule has 20 heavy (non-hydrogen) atoms. The smallest absolute Gasteiger partial charge is 0.329 e. The average Bonchev–Trinajstić information content (AvgIpc) is 2.34. The number of urea groups is 1. The van der Waals surface area contributed by atoms with Crippen LogP contribution in [0.1, 0.15) is 26.7 Å². The van der Waals surface area contributed by atoms with E-state index < -0.39 is 23.4 Å². The number of carboxylic acids is 1. The van der Waals surface area contributed by atoms with E-state index in [1.807, 2.05) is 0 Å². The van der Waals surface area contributed by atoms with Gasteiger partial charge in [0.1, 0.15) is 11.4 Å². The van der Waals surface area contributed by atoms with Crippen LogP contribution in [0.3, 0.4) is 0 Å². The van der Waals surface area contributed by atoms with E-state index in [9.17, 15) is 19.1 Å². The van der Waals surface area contributed by atoms with Crippen molar-refractivity contribution >= 4 is 29.3 Å². The van der Waals surface area contributed by atoms with Crippen LogP contribution in [0, 0.1) is 5.82 Å². The Labute approximate surface area is 121 Å². The normalized spacial score (nSPS) is 11.0. The van der Waals surface area contributed by atoms with Gasteiger partial charge in [-0.2, -0.15) is 0 Å². The minimum Gasteiger partial charge on any atom is -0.480 e. The molecule has 0 aromatic heterocycles. The molecule has 1 rings (SSSR count). The molecule has 0 fully saturated rings. The fourth-order valence-electron chi connectivity index (χ4n) is 1.79. The molecule has 0 saturated heterocycles. The zero-order valence-corrected chi connectivity index (χ0v) is 11.9. The minimum absolute atomic E-state index is 0.135. The third-order valence-electron chi connectivity index (χ3n) is 3.09. The van der Waals surface area contributed by atoms with Gasteiger partial charge in [0.25, 0.3) is 0 Å². The van der Waals surface area contributed by atoms with Gasteiger partial charge in [0.2, 0.25) is 0 Å². The molecular weight excluding hydrogens is 287 g/mol. The van der Waals surface area contributed by atoms with E-state index in [0.717, 1.165) is 12.1 Å². The lowest BCUT2D eigenvalue weighted by atomic mass is 9.93. The Morgan fingerprint density at radius 1 is 1.30 bits per heavy atom. The van der Waals surface area contributed by atoms with Crippen LogP contribution in [0.25, 0.3) is 0 Å². The van der Waals surface area contributed by atoms with Crippen LogP contribution in [-0.2, 0) is 4.79 Å². The van der Waals surface area contributed by atoms with Gasteiger partial charge in [0.15, 0.2) is 0 Å². The highest BCUT2D eigenvalue weighted by Gasteiger charge is 2.36. The summed E-state index contributed by atoms with van der Waals surface area (Å²) in [7, 11) is 0. The fourth-order valence-corrected chi connectivity index (χ4v) is 2.01. The maximum atomic E-state index is 13.1. The second-order valence-corrected chi connectivity index (χ2v) is 4.77. The molecule has 1 aromatic carbocycles. The SMILES string of the molecule is CCC(CC)(NC(=O)Nc1cc(F)cc(Cl)c1)C(=O)O. The summed E-state index contributed by atoms with van der Waals surface area (Å²) in [6, 6.07) is 2.83. The van der Waals surface area contributed by atoms with Crippen molar-refractivity contribution in [2.24, 2.45) is 0 Å². The number of benzene rings is 1. The number of carbonyl (C=O) groups is 2. The molecule has 0 aliphatic rings. The van der Waals surface area contributed by atoms with Crippen molar-refractivity contribution in [1.29, 1.82) is 0 Å². The number of carboxylic acid groups (broad SMARTS) is 1. The molecule has 110 valence electrons. The van der Waals surface area contributed by atoms with Gasteiger partial charge in [-0.25, -0.2) is 14.0 Å². The molecule has 5 nitrogen and oxygen atoms in total. The zero-order valence-electron chi connectivity index (χ0n) is 11.2. The number of anilines is 1. The van der Waals surface area contributed by atoms with Crippen LogP contribution in [0.4, 0.5) is 14.9 Å². The van der Waals surface area contributed by atoms with Crippen molar-refractivity contribution in [2.75, 3.05) is 5.32 Å². The number of amides is 2. The summed E-state index contributed by atoms with van der Waals surface area (Å²) >= 11 is 5.67. The van der Waals surface area contributed by atoms with E-state index >= 15 is 0 Å². The van der Waals surface area contributed by atoms with Crippen molar-refractivity contribution in [2.45, 2.75) is 32.2 Å². The van der Waals surface area contributed by atoms with Gasteiger partial charge in [-0.1, -0.05) is 25.4 Å². The number of nitrogens with one attached hydrogen (secondary N) is 2. The van der Waals surface area contributed by atoms with Crippen LogP contribution in [-0.4, -0.2) is 22.6 Å². The molecule has 0 saturated carbocycles. The van der Waals surface area contributed by atoms with Crippen LogP contribution in [0.15, 0.2) is 18.2 Å². The molecule has 0 unspecified atom stereocenters. The maximum Gasteiger partial charge on any atom is 0.329 e. The summed E-state index contributed by atoms with van der Waals surface area (Å²) in [6.07, 6.45) is 0.465. The predicted octanol–water partition coefficient (Wildman–Crippen LogP) is 3.24. The van der Waals surface area contributed by atoms with Crippen LogP contribution in [0.5, 0.6) is 0 Å². The number of aliphatic carboxylic acids is 1. The van der Waals surface area contributed by atoms with Gasteiger partial charge in [-0.3, -0.25) is 0 Å². The maximum absolute atomic E-state index is 13.1. The van der Waals surface area contributed by atoms with E-state index in [4.69, 9.17) is 11.6 Å².